The molecule has 0 spiro atoms. The van der Waals surface area contributed by atoms with Crippen LogP contribution in [-0.2, 0) is 6.54 Å². The van der Waals surface area contributed by atoms with Gasteiger partial charge in [0.2, 0.25) is 0 Å². The molecule has 0 aliphatic carbocycles. The molecule has 0 amide bonds. The van der Waals surface area contributed by atoms with Gasteiger partial charge in [0, 0.05) is 17.5 Å². The Balaban J connectivity index is 1.76. The highest BCUT2D eigenvalue weighted by molar-refractivity contribution is 6.30. The highest BCUT2D eigenvalue weighted by Crippen LogP contribution is 2.28. The van der Waals surface area contributed by atoms with Crippen molar-refractivity contribution in [1.82, 2.24) is 23.7 Å². The lowest BCUT2D eigenvalue weighted by Crippen LogP contribution is -2.24. The molecule has 0 aliphatic rings. The van der Waals surface area contributed by atoms with Crippen LogP contribution in [0, 0.1) is 19.7 Å². The number of halogens is 2. The van der Waals surface area contributed by atoms with Gasteiger partial charge in [0.25, 0.3) is 0 Å². The van der Waals surface area contributed by atoms with E-state index in [9.17, 15) is 9.18 Å². The lowest BCUT2D eigenvalue weighted by molar-refractivity contribution is 0.627. The molecule has 3 aromatic heterocycles. The Morgan fingerprint density at radius 3 is 2.69 bits per heavy atom. The van der Waals surface area contributed by atoms with Crippen LogP contribution < -0.4 is 5.69 Å². The molecule has 0 saturated carbocycles. The van der Waals surface area contributed by atoms with Crippen molar-refractivity contribution in [1.29, 1.82) is 0 Å². The van der Waals surface area contributed by atoms with E-state index >= 15 is 0 Å². The van der Waals surface area contributed by atoms with Gasteiger partial charge in [-0.1, -0.05) is 41.4 Å². The van der Waals surface area contributed by atoms with Gasteiger partial charge in [-0.15, -0.1) is 0 Å². The van der Waals surface area contributed by atoms with Crippen LogP contribution in [0.25, 0.3) is 22.6 Å². The zero-order valence-corrected chi connectivity index (χ0v) is 18.2. The molecule has 2 aromatic carbocycles. The quantitative estimate of drug-likeness (QED) is 0.397. The minimum Gasteiger partial charge on any atom is -0.291 e. The van der Waals surface area contributed by atoms with Gasteiger partial charge in [-0.25, -0.2) is 18.7 Å². The average molecular weight is 448 g/mol. The fraction of sp³-hybridized carbons (Fsp3) is 0.125. The lowest BCUT2D eigenvalue weighted by Gasteiger charge is -2.10. The van der Waals surface area contributed by atoms with Crippen LogP contribution >= 0.6 is 11.6 Å². The second-order valence-corrected chi connectivity index (χ2v) is 8.11. The van der Waals surface area contributed by atoms with Crippen molar-refractivity contribution in [3.05, 3.63) is 105 Å². The molecule has 32 heavy (non-hydrogen) atoms. The second kappa shape index (κ2) is 7.76. The van der Waals surface area contributed by atoms with E-state index in [4.69, 9.17) is 11.6 Å². The SMILES string of the molecule is Cc1cccc(Cn2c(C)c(-c3ccc4ncnn4c3)n(-c3ccc(F)c(Cl)c3)c2=O)c1. The van der Waals surface area contributed by atoms with Crippen molar-refractivity contribution in [3.63, 3.8) is 0 Å². The molecule has 0 aliphatic heterocycles. The smallest absolute Gasteiger partial charge is 0.291 e. The molecular weight excluding hydrogens is 429 g/mol. The predicted octanol–water partition coefficient (Wildman–Crippen LogP) is 4.81. The fourth-order valence-corrected chi connectivity index (χ4v) is 4.16. The molecule has 0 atom stereocenters. The Labute approximate surface area is 188 Å². The van der Waals surface area contributed by atoms with Crippen molar-refractivity contribution in [3.8, 4) is 16.9 Å². The summed E-state index contributed by atoms with van der Waals surface area (Å²) in [6.07, 6.45) is 3.30. The van der Waals surface area contributed by atoms with Crippen LogP contribution in [0.5, 0.6) is 0 Å². The average Bonchev–Trinajstić information content (AvgIpc) is 3.33. The molecular formula is C24H19ClFN5O. The topological polar surface area (TPSA) is 57.1 Å². The number of hydrogen-bond donors (Lipinski definition) is 0. The summed E-state index contributed by atoms with van der Waals surface area (Å²) < 4.78 is 18.8. The summed E-state index contributed by atoms with van der Waals surface area (Å²) in [5.41, 5.74) is 5.32. The number of rotatable bonds is 4. The molecule has 5 rings (SSSR count). The number of pyridine rings is 1. The Hall–Kier alpha value is -3.71. The van der Waals surface area contributed by atoms with Crippen LogP contribution in [-0.4, -0.2) is 23.7 Å². The summed E-state index contributed by atoms with van der Waals surface area (Å²) in [4.78, 5) is 17.8. The zero-order valence-electron chi connectivity index (χ0n) is 17.5. The van der Waals surface area contributed by atoms with Crippen LogP contribution in [0.15, 0.2) is 71.9 Å². The first kappa shape index (κ1) is 20.2. The second-order valence-electron chi connectivity index (χ2n) is 7.71. The molecule has 0 unspecified atom stereocenters. The maximum atomic E-state index is 13.8. The van der Waals surface area contributed by atoms with Gasteiger partial charge in [0.15, 0.2) is 5.65 Å². The zero-order chi connectivity index (χ0) is 22.4. The van der Waals surface area contributed by atoms with Crippen LogP contribution in [0.3, 0.4) is 0 Å². The van der Waals surface area contributed by atoms with Gasteiger partial charge >= 0.3 is 5.69 Å². The molecule has 160 valence electrons. The predicted molar refractivity (Wildman–Crippen MR) is 122 cm³/mol. The van der Waals surface area contributed by atoms with Crippen molar-refractivity contribution in [2.45, 2.75) is 20.4 Å². The van der Waals surface area contributed by atoms with E-state index in [1.165, 1.54) is 18.5 Å². The molecule has 0 radical (unpaired) electrons. The number of aromatic nitrogens is 5. The molecule has 0 fully saturated rings. The standard InChI is InChI=1S/C24H19ClFN5O/c1-15-4-3-5-17(10-15)12-29-16(2)23(18-6-9-22-27-14-28-30(22)13-18)31(24(29)32)19-7-8-21(26)20(25)11-19/h3-11,13-14H,12H2,1-2H3. The van der Waals surface area contributed by atoms with Crippen molar-refractivity contribution in [2.24, 2.45) is 0 Å². The third-order valence-electron chi connectivity index (χ3n) is 5.53. The van der Waals surface area contributed by atoms with Gasteiger partial charge in [-0.3, -0.25) is 9.13 Å². The number of nitrogens with zero attached hydrogens (tertiary/aromatic N) is 5. The van der Waals surface area contributed by atoms with Gasteiger partial charge in [-0.05, 0) is 49.7 Å². The number of aryl methyl sites for hydroxylation is 1. The highest BCUT2D eigenvalue weighted by atomic mass is 35.5. The maximum Gasteiger partial charge on any atom is 0.333 e. The largest absolute Gasteiger partial charge is 0.333 e. The molecule has 6 nitrogen and oxygen atoms in total. The van der Waals surface area contributed by atoms with E-state index in [0.717, 1.165) is 22.4 Å². The number of fused-ring (bicyclic) bond motifs is 1. The molecule has 5 aromatic rings. The summed E-state index contributed by atoms with van der Waals surface area (Å²) in [5.74, 6) is -0.537. The number of benzene rings is 2. The minimum atomic E-state index is -0.537. The van der Waals surface area contributed by atoms with Gasteiger partial charge < -0.3 is 0 Å². The summed E-state index contributed by atoms with van der Waals surface area (Å²) in [7, 11) is 0. The Bertz CT molecular complexity index is 1530. The number of hydrogen-bond acceptors (Lipinski definition) is 3. The van der Waals surface area contributed by atoms with E-state index in [0.29, 0.717) is 23.6 Å². The monoisotopic (exact) mass is 447 g/mol. The Morgan fingerprint density at radius 1 is 1.06 bits per heavy atom. The highest BCUT2D eigenvalue weighted by Gasteiger charge is 2.21. The van der Waals surface area contributed by atoms with Gasteiger partial charge in [0.1, 0.15) is 12.1 Å². The molecule has 8 heteroatoms. The van der Waals surface area contributed by atoms with E-state index in [1.807, 2.05) is 50.4 Å². The Kier molecular flexibility index (Phi) is 4.90. The minimum absolute atomic E-state index is 0.0452. The first-order valence-corrected chi connectivity index (χ1v) is 10.4. The first-order valence-electron chi connectivity index (χ1n) is 10.1. The van der Waals surface area contributed by atoms with Gasteiger partial charge in [0.05, 0.1) is 22.9 Å². The summed E-state index contributed by atoms with van der Waals surface area (Å²) >= 11 is 6.05. The summed E-state index contributed by atoms with van der Waals surface area (Å²) in [6, 6.07) is 16.1. The van der Waals surface area contributed by atoms with Crippen molar-refractivity contribution < 1.29 is 4.39 Å². The normalized spacial score (nSPS) is 11.4. The maximum absolute atomic E-state index is 13.8. The summed E-state index contributed by atoms with van der Waals surface area (Å²) in [5, 5.41) is 4.16. The Morgan fingerprint density at radius 2 is 1.91 bits per heavy atom. The van der Waals surface area contributed by atoms with E-state index < -0.39 is 5.82 Å². The van der Waals surface area contributed by atoms with E-state index in [1.54, 1.807) is 19.7 Å². The van der Waals surface area contributed by atoms with E-state index in [-0.39, 0.29) is 10.7 Å². The first-order chi connectivity index (χ1) is 15.4. The van der Waals surface area contributed by atoms with Crippen molar-refractivity contribution in [2.75, 3.05) is 0 Å². The third-order valence-corrected chi connectivity index (χ3v) is 5.82. The lowest BCUT2D eigenvalue weighted by atomic mass is 10.1. The van der Waals surface area contributed by atoms with Crippen LogP contribution in [0.4, 0.5) is 4.39 Å². The van der Waals surface area contributed by atoms with E-state index in [2.05, 4.69) is 16.1 Å². The molecule has 3 heterocycles. The molecule has 0 bridgehead atoms. The van der Waals surface area contributed by atoms with Crippen molar-refractivity contribution >= 4 is 17.2 Å². The van der Waals surface area contributed by atoms with Crippen LogP contribution in [0.2, 0.25) is 5.02 Å². The molecule has 0 saturated heterocycles. The fourth-order valence-electron chi connectivity index (χ4n) is 3.99. The van der Waals surface area contributed by atoms with Crippen LogP contribution in [0.1, 0.15) is 16.8 Å². The molecule has 0 N–H and O–H groups in total. The van der Waals surface area contributed by atoms with Gasteiger partial charge in [-0.2, -0.15) is 5.10 Å². The third kappa shape index (κ3) is 3.40. The number of imidazole rings is 1. The summed E-state index contributed by atoms with van der Waals surface area (Å²) in [6.45, 7) is 4.33.